The van der Waals surface area contributed by atoms with Crippen LogP contribution in [0.25, 0.3) is 0 Å². The van der Waals surface area contributed by atoms with Crippen molar-refractivity contribution in [3.8, 4) is 0 Å². The second-order valence-electron chi connectivity index (χ2n) is 7.06. The lowest BCUT2D eigenvalue weighted by molar-refractivity contribution is -0.0679. The van der Waals surface area contributed by atoms with Crippen LogP contribution in [0.2, 0.25) is 0 Å². The lowest BCUT2D eigenvalue weighted by Crippen LogP contribution is -2.32. The van der Waals surface area contributed by atoms with Gasteiger partial charge in [0, 0.05) is 6.20 Å². The van der Waals surface area contributed by atoms with E-state index in [4.69, 9.17) is 4.74 Å². The zero-order chi connectivity index (χ0) is 15.9. The van der Waals surface area contributed by atoms with Crippen molar-refractivity contribution in [3.63, 3.8) is 0 Å². The van der Waals surface area contributed by atoms with Crippen molar-refractivity contribution in [2.75, 3.05) is 0 Å². The molecule has 0 spiro atoms. The molecule has 2 aliphatic carbocycles. The normalized spacial score (nSPS) is 28.9. The third kappa shape index (κ3) is 3.92. The molecule has 0 aromatic carbocycles. The van der Waals surface area contributed by atoms with Gasteiger partial charge in [-0.1, -0.05) is 5.21 Å². The summed E-state index contributed by atoms with van der Waals surface area (Å²) < 4.78 is 34.2. The minimum atomic E-state index is -3.16. The van der Waals surface area contributed by atoms with Gasteiger partial charge in [-0.3, -0.25) is 0 Å². The Labute approximate surface area is 136 Å². The SMILES string of the molecule is O=S(=O)(NCc1cn(CC2CCCC(C3CC3)O2)nn1)C1CC1. The number of aromatic nitrogens is 3. The largest absolute Gasteiger partial charge is 0.373 e. The maximum Gasteiger partial charge on any atom is 0.214 e. The molecular formula is C15H24N4O3S. The van der Waals surface area contributed by atoms with Crippen molar-refractivity contribution in [1.82, 2.24) is 19.7 Å². The molecule has 0 radical (unpaired) electrons. The standard InChI is InChI=1S/C15H24N4O3S/c20-23(21,14-6-7-14)16-8-12-9-19(18-17-12)10-13-2-1-3-15(22-13)11-4-5-11/h9,11,13-16H,1-8,10H2. The van der Waals surface area contributed by atoms with Crippen LogP contribution in [0.5, 0.6) is 0 Å². The number of hydrogen-bond acceptors (Lipinski definition) is 5. The van der Waals surface area contributed by atoms with E-state index in [0.29, 0.717) is 18.3 Å². The first-order valence-corrected chi connectivity index (χ1v) is 10.2. The highest BCUT2D eigenvalue weighted by Gasteiger charge is 2.36. The number of hydrogen-bond donors (Lipinski definition) is 1. The van der Waals surface area contributed by atoms with E-state index in [1.165, 1.54) is 25.7 Å². The molecule has 3 aliphatic rings. The summed E-state index contributed by atoms with van der Waals surface area (Å²) >= 11 is 0. The van der Waals surface area contributed by atoms with E-state index in [2.05, 4.69) is 15.0 Å². The summed E-state index contributed by atoms with van der Waals surface area (Å²) in [4.78, 5) is 0. The van der Waals surface area contributed by atoms with Gasteiger partial charge >= 0.3 is 0 Å². The van der Waals surface area contributed by atoms with Gasteiger partial charge in [-0.05, 0) is 50.9 Å². The average molecular weight is 340 g/mol. The predicted molar refractivity (Wildman–Crippen MR) is 84.0 cm³/mol. The van der Waals surface area contributed by atoms with E-state index < -0.39 is 10.0 Å². The summed E-state index contributed by atoms with van der Waals surface area (Å²) in [5, 5.41) is 7.97. The fraction of sp³-hybridized carbons (Fsp3) is 0.867. The molecule has 4 rings (SSSR count). The molecule has 2 saturated carbocycles. The van der Waals surface area contributed by atoms with E-state index >= 15 is 0 Å². The summed E-state index contributed by atoms with van der Waals surface area (Å²) in [5.74, 6) is 0.779. The van der Waals surface area contributed by atoms with Crippen LogP contribution in [0.15, 0.2) is 6.20 Å². The molecule has 0 bridgehead atoms. The van der Waals surface area contributed by atoms with Crippen LogP contribution < -0.4 is 4.72 Å². The molecule has 2 atom stereocenters. The maximum absolute atomic E-state index is 11.8. The van der Waals surface area contributed by atoms with Crippen LogP contribution in [-0.4, -0.2) is 40.9 Å². The van der Waals surface area contributed by atoms with E-state index in [0.717, 1.165) is 25.2 Å². The zero-order valence-corrected chi connectivity index (χ0v) is 14.0. The molecule has 1 aliphatic heterocycles. The van der Waals surface area contributed by atoms with E-state index in [1.807, 2.05) is 6.20 Å². The Morgan fingerprint density at radius 3 is 2.78 bits per heavy atom. The minimum Gasteiger partial charge on any atom is -0.373 e. The Hall–Kier alpha value is -0.990. The summed E-state index contributed by atoms with van der Waals surface area (Å²) in [6.07, 6.45) is 10.1. The van der Waals surface area contributed by atoms with Crippen molar-refractivity contribution in [2.24, 2.45) is 5.92 Å². The number of ether oxygens (including phenoxy) is 1. The van der Waals surface area contributed by atoms with E-state index in [1.54, 1.807) is 4.68 Å². The molecule has 23 heavy (non-hydrogen) atoms. The van der Waals surface area contributed by atoms with Crippen molar-refractivity contribution in [3.05, 3.63) is 11.9 Å². The second kappa shape index (κ2) is 6.14. The molecule has 2 heterocycles. The Morgan fingerprint density at radius 2 is 2.04 bits per heavy atom. The molecule has 0 amide bonds. The smallest absolute Gasteiger partial charge is 0.214 e. The Morgan fingerprint density at radius 1 is 1.22 bits per heavy atom. The Bertz CT molecular complexity index is 651. The van der Waals surface area contributed by atoms with E-state index in [9.17, 15) is 8.42 Å². The van der Waals surface area contributed by atoms with Crippen molar-refractivity contribution in [1.29, 1.82) is 0 Å². The minimum absolute atomic E-state index is 0.201. The van der Waals surface area contributed by atoms with Crippen LogP contribution in [-0.2, 0) is 27.8 Å². The first-order valence-electron chi connectivity index (χ1n) is 8.63. The van der Waals surface area contributed by atoms with Gasteiger partial charge in [-0.15, -0.1) is 5.10 Å². The summed E-state index contributed by atoms with van der Waals surface area (Å²) in [6, 6.07) is 0. The molecule has 3 fully saturated rings. The predicted octanol–water partition coefficient (Wildman–Crippen LogP) is 1.21. The lowest BCUT2D eigenvalue weighted by Gasteiger charge is -2.30. The van der Waals surface area contributed by atoms with Gasteiger partial charge in [0.1, 0.15) is 0 Å². The fourth-order valence-corrected chi connectivity index (χ4v) is 4.61. The second-order valence-corrected chi connectivity index (χ2v) is 9.11. The van der Waals surface area contributed by atoms with Crippen LogP contribution in [0.3, 0.4) is 0 Å². The maximum atomic E-state index is 11.8. The fourth-order valence-electron chi connectivity index (χ4n) is 3.27. The summed E-state index contributed by atoms with van der Waals surface area (Å²) in [5.41, 5.74) is 0.656. The third-order valence-corrected chi connectivity index (χ3v) is 6.82. The quantitative estimate of drug-likeness (QED) is 0.806. The van der Waals surface area contributed by atoms with Crippen molar-refractivity contribution >= 4 is 10.0 Å². The monoisotopic (exact) mass is 340 g/mol. The lowest BCUT2D eigenvalue weighted by atomic mass is 10.0. The third-order valence-electron chi connectivity index (χ3n) is 4.92. The highest BCUT2D eigenvalue weighted by atomic mass is 32.2. The summed E-state index contributed by atoms with van der Waals surface area (Å²) in [7, 11) is -3.16. The van der Waals surface area contributed by atoms with Gasteiger partial charge in [0.15, 0.2) is 0 Å². The highest BCUT2D eigenvalue weighted by molar-refractivity contribution is 7.90. The van der Waals surface area contributed by atoms with Crippen molar-refractivity contribution < 1.29 is 13.2 Å². The Kier molecular flexibility index (Phi) is 4.15. The van der Waals surface area contributed by atoms with Gasteiger partial charge in [0.25, 0.3) is 0 Å². The molecule has 128 valence electrons. The first kappa shape index (κ1) is 15.5. The van der Waals surface area contributed by atoms with Gasteiger partial charge in [-0.25, -0.2) is 17.8 Å². The van der Waals surface area contributed by atoms with Gasteiger partial charge in [-0.2, -0.15) is 0 Å². The number of rotatable bonds is 7. The molecule has 1 aromatic rings. The molecule has 2 unspecified atom stereocenters. The molecule has 8 heteroatoms. The molecule has 1 N–H and O–H groups in total. The average Bonchev–Trinajstić information content (AvgIpc) is 3.43. The zero-order valence-electron chi connectivity index (χ0n) is 13.2. The van der Waals surface area contributed by atoms with Gasteiger partial charge < -0.3 is 4.74 Å². The van der Waals surface area contributed by atoms with E-state index in [-0.39, 0.29) is 17.9 Å². The van der Waals surface area contributed by atoms with Crippen LogP contribution in [0.1, 0.15) is 50.6 Å². The molecule has 1 saturated heterocycles. The molecular weight excluding hydrogens is 316 g/mol. The van der Waals surface area contributed by atoms with Crippen molar-refractivity contribution in [2.45, 2.75) is 75.5 Å². The molecule has 1 aromatic heterocycles. The topological polar surface area (TPSA) is 86.1 Å². The summed E-state index contributed by atoms with van der Waals surface area (Å²) in [6.45, 7) is 0.917. The first-order chi connectivity index (χ1) is 11.1. The number of sulfonamides is 1. The van der Waals surface area contributed by atoms with Crippen LogP contribution in [0, 0.1) is 5.92 Å². The van der Waals surface area contributed by atoms with Gasteiger partial charge in [0.05, 0.1) is 36.2 Å². The molecule has 7 nitrogen and oxygen atoms in total. The van der Waals surface area contributed by atoms with Crippen LogP contribution in [0.4, 0.5) is 0 Å². The number of nitrogens with zero attached hydrogens (tertiary/aromatic N) is 3. The Balaban J connectivity index is 1.29. The van der Waals surface area contributed by atoms with Crippen LogP contribution >= 0.6 is 0 Å². The number of nitrogens with one attached hydrogen (secondary N) is 1. The van der Waals surface area contributed by atoms with Gasteiger partial charge in [0.2, 0.25) is 10.0 Å². The highest BCUT2D eigenvalue weighted by Crippen LogP contribution is 2.39.